The van der Waals surface area contributed by atoms with Gasteiger partial charge in [-0.15, -0.1) is 0 Å². The SMILES string of the molecule is CNC(=O)C1CCCCN1C(=O)C1CCCC(N)C1C. The molecule has 4 atom stereocenters. The number of nitrogens with two attached hydrogens (primary N) is 1. The topological polar surface area (TPSA) is 75.4 Å². The summed E-state index contributed by atoms with van der Waals surface area (Å²) in [5, 5.41) is 2.68. The number of carbonyl (C=O) groups is 2. The van der Waals surface area contributed by atoms with Gasteiger partial charge in [-0.05, 0) is 38.0 Å². The minimum atomic E-state index is -0.286. The summed E-state index contributed by atoms with van der Waals surface area (Å²) >= 11 is 0. The van der Waals surface area contributed by atoms with E-state index in [1.165, 1.54) is 0 Å². The van der Waals surface area contributed by atoms with Crippen LogP contribution < -0.4 is 11.1 Å². The first-order valence-corrected chi connectivity index (χ1v) is 7.84. The number of amides is 2. The van der Waals surface area contributed by atoms with Crippen LogP contribution in [-0.2, 0) is 9.59 Å². The molecule has 0 aromatic rings. The van der Waals surface area contributed by atoms with Crippen LogP contribution in [0.3, 0.4) is 0 Å². The maximum absolute atomic E-state index is 12.8. The van der Waals surface area contributed by atoms with Crippen molar-refractivity contribution in [3.8, 4) is 0 Å². The second-order valence-electron chi connectivity index (χ2n) is 6.22. The average molecular weight is 281 g/mol. The molecule has 2 fully saturated rings. The molecular formula is C15H27N3O2. The van der Waals surface area contributed by atoms with Crippen molar-refractivity contribution < 1.29 is 9.59 Å². The Morgan fingerprint density at radius 3 is 2.60 bits per heavy atom. The van der Waals surface area contributed by atoms with Crippen LogP contribution in [0.2, 0.25) is 0 Å². The van der Waals surface area contributed by atoms with Gasteiger partial charge in [0, 0.05) is 25.6 Å². The molecule has 1 aliphatic heterocycles. The highest BCUT2D eigenvalue weighted by molar-refractivity contribution is 5.88. The number of likely N-dealkylation sites (tertiary alicyclic amines) is 1. The van der Waals surface area contributed by atoms with E-state index in [0.717, 1.165) is 38.5 Å². The lowest BCUT2D eigenvalue weighted by Crippen LogP contribution is -2.55. The number of hydrogen-bond acceptors (Lipinski definition) is 3. The first-order chi connectivity index (χ1) is 9.56. The van der Waals surface area contributed by atoms with Gasteiger partial charge in [0.1, 0.15) is 6.04 Å². The van der Waals surface area contributed by atoms with Crippen molar-refractivity contribution in [2.75, 3.05) is 13.6 Å². The van der Waals surface area contributed by atoms with Crippen LogP contribution in [0.4, 0.5) is 0 Å². The van der Waals surface area contributed by atoms with E-state index in [4.69, 9.17) is 5.73 Å². The van der Waals surface area contributed by atoms with Crippen LogP contribution >= 0.6 is 0 Å². The van der Waals surface area contributed by atoms with Gasteiger partial charge < -0.3 is 16.0 Å². The quantitative estimate of drug-likeness (QED) is 0.789. The second-order valence-corrected chi connectivity index (χ2v) is 6.22. The summed E-state index contributed by atoms with van der Waals surface area (Å²) in [4.78, 5) is 26.6. The van der Waals surface area contributed by atoms with Crippen molar-refractivity contribution in [2.24, 2.45) is 17.6 Å². The molecule has 114 valence electrons. The molecule has 1 saturated carbocycles. The maximum atomic E-state index is 12.8. The zero-order valence-corrected chi connectivity index (χ0v) is 12.6. The number of likely N-dealkylation sites (N-methyl/N-ethyl adjacent to an activating group) is 1. The van der Waals surface area contributed by atoms with Gasteiger partial charge in [0.15, 0.2) is 0 Å². The molecule has 2 rings (SSSR count). The van der Waals surface area contributed by atoms with Gasteiger partial charge in [0.25, 0.3) is 0 Å². The van der Waals surface area contributed by atoms with Gasteiger partial charge in [0.05, 0.1) is 0 Å². The number of piperidine rings is 1. The molecule has 20 heavy (non-hydrogen) atoms. The van der Waals surface area contributed by atoms with Crippen LogP contribution in [0.1, 0.15) is 45.4 Å². The normalized spacial score (nSPS) is 34.6. The summed E-state index contributed by atoms with van der Waals surface area (Å²) in [5.74, 6) is 0.305. The Labute approximate surface area is 121 Å². The monoisotopic (exact) mass is 281 g/mol. The van der Waals surface area contributed by atoms with E-state index in [0.29, 0.717) is 6.54 Å². The Morgan fingerprint density at radius 2 is 1.90 bits per heavy atom. The smallest absolute Gasteiger partial charge is 0.242 e. The van der Waals surface area contributed by atoms with Gasteiger partial charge in [-0.2, -0.15) is 0 Å². The summed E-state index contributed by atoms with van der Waals surface area (Å²) in [5.41, 5.74) is 6.11. The summed E-state index contributed by atoms with van der Waals surface area (Å²) in [6, 6.07) is -0.174. The maximum Gasteiger partial charge on any atom is 0.242 e. The van der Waals surface area contributed by atoms with Crippen molar-refractivity contribution in [3.05, 3.63) is 0 Å². The van der Waals surface area contributed by atoms with Crippen LogP contribution in [0.15, 0.2) is 0 Å². The van der Waals surface area contributed by atoms with Gasteiger partial charge in [0.2, 0.25) is 11.8 Å². The van der Waals surface area contributed by atoms with Crippen molar-refractivity contribution in [1.82, 2.24) is 10.2 Å². The third-order valence-corrected chi connectivity index (χ3v) is 5.01. The second kappa shape index (κ2) is 6.57. The number of hydrogen-bond donors (Lipinski definition) is 2. The highest BCUT2D eigenvalue weighted by Gasteiger charge is 2.39. The molecular weight excluding hydrogens is 254 g/mol. The van der Waals surface area contributed by atoms with Gasteiger partial charge in [-0.1, -0.05) is 13.3 Å². The predicted octanol–water partition coefficient (Wildman–Crippen LogP) is 0.877. The number of nitrogens with zero attached hydrogens (tertiary/aromatic N) is 1. The molecule has 0 spiro atoms. The van der Waals surface area contributed by atoms with E-state index in [9.17, 15) is 9.59 Å². The highest BCUT2D eigenvalue weighted by Crippen LogP contribution is 2.32. The minimum Gasteiger partial charge on any atom is -0.357 e. The van der Waals surface area contributed by atoms with Gasteiger partial charge in [-0.3, -0.25) is 9.59 Å². The minimum absolute atomic E-state index is 0.0102. The van der Waals surface area contributed by atoms with Crippen molar-refractivity contribution in [3.63, 3.8) is 0 Å². The first kappa shape index (κ1) is 15.3. The average Bonchev–Trinajstić information content (AvgIpc) is 2.48. The van der Waals surface area contributed by atoms with E-state index < -0.39 is 0 Å². The summed E-state index contributed by atoms with van der Waals surface area (Å²) < 4.78 is 0. The molecule has 3 N–H and O–H groups in total. The fraction of sp³-hybridized carbons (Fsp3) is 0.867. The highest BCUT2D eigenvalue weighted by atomic mass is 16.2. The third kappa shape index (κ3) is 2.97. The standard InChI is InChI=1S/C15H27N3O2/c1-10-11(6-5-7-12(10)16)15(20)18-9-4-3-8-13(18)14(19)17-2/h10-13H,3-9,16H2,1-2H3,(H,17,19). The summed E-state index contributed by atoms with van der Waals surface area (Å²) in [6.07, 6.45) is 5.71. The van der Waals surface area contributed by atoms with Crippen LogP contribution in [0, 0.1) is 11.8 Å². The Kier molecular flexibility index (Phi) is 5.02. The molecule has 2 aliphatic rings. The molecule has 0 aromatic heterocycles. The molecule has 5 nitrogen and oxygen atoms in total. The molecule has 4 unspecified atom stereocenters. The van der Waals surface area contributed by atoms with Crippen molar-refractivity contribution in [1.29, 1.82) is 0 Å². The zero-order valence-electron chi connectivity index (χ0n) is 12.6. The van der Waals surface area contributed by atoms with Crippen LogP contribution in [-0.4, -0.2) is 42.4 Å². The summed E-state index contributed by atoms with van der Waals surface area (Å²) in [6.45, 7) is 2.78. The Hall–Kier alpha value is -1.10. The van der Waals surface area contributed by atoms with E-state index in [1.807, 2.05) is 4.90 Å². The fourth-order valence-corrected chi connectivity index (χ4v) is 3.59. The molecule has 5 heteroatoms. The molecule has 0 bridgehead atoms. The largest absolute Gasteiger partial charge is 0.357 e. The fourth-order valence-electron chi connectivity index (χ4n) is 3.59. The third-order valence-electron chi connectivity index (χ3n) is 5.01. The van der Waals surface area contributed by atoms with E-state index >= 15 is 0 Å². The molecule has 1 aliphatic carbocycles. The van der Waals surface area contributed by atoms with Crippen molar-refractivity contribution in [2.45, 2.75) is 57.5 Å². The zero-order chi connectivity index (χ0) is 14.7. The van der Waals surface area contributed by atoms with E-state index in [-0.39, 0.29) is 35.7 Å². The Balaban J connectivity index is 2.11. The van der Waals surface area contributed by atoms with Gasteiger partial charge >= 0.3 is 0 Å². The number of carbonyl (C=O) groups excluding carboxylic acids is 2. The van der Waals surface area contributed by atoms with Crippen LogP contribution in [0.5, 0.6) is 0 Å². The van der Waals surface area contributed by atoms with Crippen LogP contribution in [0.25, 0.3) is 0 Å². The lowest BCUT2D eigenvalue weighted by Gasteiger charge is -2.40. The van der Waals surface area contributed by atoms with Gasteiger partial charge in [-0.25, -0.2) is 0 Å². The molecule has 1 heterocycles. The van der Waals surface area contributed by atoms with Crippen molar-refractivity contribution >= 4 is 11.8 Å². The number of rotatable bonds is 2. The predicted molar refractivity (Wildman–Crippen MR) is 77.9 cm³/mol. The van der Waals surface area contributed by atoms with E-state index in [1.54, 1.807) is 7.05 Å². The molecule has 2 amide bonds. The van der Waals surface area contributed by atoms with E-state index in [2.05, 4.69) is 12.2 Å². The molecule has 0 aromatic carbocycles. The number of nitrogens with one attached hydrogen (secondary N) is 1. The molecule has 1 saturated heterocycles. The summed E-state index contributed by atoms with van der Waals surface area (Å²) in [7, 11) is 1.64. The Bertz CT molecular complexity index is 372. The lowest BCUT2D eigenvalue weighted by atomic mass is 9.76. The first-order valence-electron chi connectivity index (χ1n) is 7.84. The Morgan fingerprint density at radius 1 is 1.15 bits per heavy atom. The lowest BCUT2D eigenvalue weighted by molar-refractivity contribution is -0.147. The molecule has 0 radical (unpaired) electrons.